The molecular formula is C22H26N2O4. The van der Waals surface area contributed by atoms with Crippen LogP contribution in [0.2, 0.25) is 0 Å². The Hall–Kier alpha value is -2.86. The van der Waals surface area contributed by atoms with E-state index in [4.69, 9.17) is 4.74 Å². The van der Waals surface area contributed by atoms with Crippen molar-refractivity contribution >= 4 is 17.6 Å². The molecule has 1 fully saturated rings. The Kier molecular flexibility index (Phi) is 7.03. The second kappa shape index (κ2) is 9.90. The van der Waals surface area contributed by atoms with Crippen LogP contribution in [0.1, 0.15) is 31.2 Å². The molecule has 6 heteroatoms. The number of nitrogens with zero attached hydrogens (tertiary/aromatic N) is 1. The first kappa shape index (κ1) is 19.9. The van der Waals surface area contributed by atoms with Crippen LogP contribution in [0.4, 0.5) is 5.69 Å². The summed E-state index contributed by atoms with van der Waals surface area (Å²) in [5, 5.41) is 12.3. The second-order valence-electron chi connectivity index (χ2n) is 7.00. The summed E-state index contributed by atoms with van der Waals surface area (Å²) in [6.07, 6.45) is 3.03. The van der Waals surface area contributed by atoms with Crippen molar-refractivity contribution in [1.82, 2.24) is 4.90 Å². The number of hydrogen-bond donors (Lipinski definition) is 2. The maximum atomic E-state index is 12.3. The Labute approximate surface area is 165 Å². The number of piperidine rings is 1. The van der Waals surface area contributed by atoms with Gasteiger partial charge in [0.05, 0.1) is 6.42 Å². The van der Waals surface area contributed by atoms with Gasteiger partial charge < -0.3 is 15.2 Å². The highest BCUT2D eigenvalue weighted by Crippen LogP contribution is 2.19. The summed E-state index contributed by atoms with van der Waals surface area (Å²) in [4.78, 5) is 25.8. The fourth-order valence-corrected chi connectivity index (χ4v) is 3.37. The van der Waals surface area contributed by atoms with Crippen LogP contribution in [0.3, 0.4) is 0 Å². The number of rotatable bonds is 8. The van der Waals surface area contributed by atoms with Gasteiger partial charge in [-0.3, -0.25) is 14.5 Å². The number of likely N-dealkylation sites (tertiary alicyclic amines) is 1. The second-order valence-corrected chi connectivity index (χ2v) is 7.00. The molecule has 2 aromatic carbocycles. The zero-order valence-electron chi connectivity index (χ0n) is 15.8. The van der Waals surface area contributed by atoms with E-state index in [1.165, 1.54) is 0 Å². The number of ether oxygens (including phenoxy) is 1. The van der Waals surface area contributed by atoms with E-state index >= 15 is 0 Å². The van der Waals surface area contributed by atoms with E-state index in [0.717, 1.165) is 37.9 Å². The largest absolute Gasteiger partial charge is 0.489 e. The van der Waals surface area contributed by atoms with E-state index in [1.54, 1.807) is 24.3 Å². The van der Waals surface area contributed by atoms with Crippen LogP contribution in [-0.4, -0.2) is 41.0 Å². The molecule has 1 heterocycles. The molecule has 2 aromatic rings. The van der Waals surface area contributed by atoms with Crippen LogP contribution in [0.5, 0.6) is 5.75 Å². The van der Waals surface area contributed by atoms with Gasteiger partial charge in [0, 0.05) is 5.69 Å². The summed E-state index contributed by atoms with van der Waals surface area (Å²) in [6.45, 7) is 1.94. The minimum absolute atomic E-state index is 0.0540. The number of carbonyl (C=O) groups is 2. The molecule has 1 aliphatic heterocycles. The number of aliphatic carboxylic acids is 1. The lowest BCUT2D eigenvalue weighted by Gasteiger charge is -2.31. The van der Waals surface area contributed by atoms with Crippen molar-refractivity contribution in [1.29, 1.82) is 0 Å². The molecule has 0 radical (unpaired) electrons. The molecule has 0 bridgehead atoms. The predicted octanol–water partition coefficient (Wildman–Crippen LogP) is 3.53. The Balaban J connectivity index is 1.51. The number of nitrogens with one attached hydrogen (secondary N) is 1. The first-order chi connectivity index (χ1) is 13.6. The van der Waals surface area contributed by atoms with E-state index in [9.17, 15) is 14.7 Å². The highest BCUT2D eigenvalue weighted by molar-refractivity contribution is 5.94. The zero-order valence-corrected chi connectivity index (χ0v) is 15.8. The topological polar surface area (TPSA) is 78.9 Å². The number of carboxylic acids is 1. The van der Waals surface area contributed by atoms with Gasteiger partial charge in [-0.2, -0.15) is 0 Å². The lowest BCUT2D eigenvalue weighted by atomic mass is 10.1. The van der Waals surface area contributed by atoms with Crippen molar-refractivity contribution in [3.05, 3.63) is 60.2 Å². The molecule has 148 valence electrons. The van der Waals surface area contributed by atoms with Crippen molar-refractivity contribution in [3.63, 3.8) is 0 Å². The predicted molar refractivity (Wildman–Crippen MR) is 107 cm³/mol. The van der Waals surface area contributed by atoms with Crippen molar-refractivity contribution < 1.29 is 19.4 Å². The fraction of sp³-hybridized carbons (Fsp3) is 0.364. The average molecular weight is 382 g/mol. The van der Waals surface area contributed by atoms with Crippen molar-refractivity contribution in [2.24, 2.45) is 0 Å². The Morgan fingerprint density at radius 1 is 1.00 bits per heavy atom. The molecule has 6 nitrogen and oxygen atoms in total. The van der Waals surface area contributed by atoms with E-state index in [-0.39, 0.29) is 12.3 Å². The summed E-state index contributed by atoms with van der Waals surface area (Å²) in [6, 6.07) is 16.2. The monoisotopic (exact) mass is 382 g/mol. The number of benzene rings is 2. The van der Waals surface area contributed by atoms with Gasteiger partial charge in [0.15, 0.2) is 0 Å². The third kappa shape index (κ3) is 5.82. The number of anilines is 1. The van der Waals surface area contributed by atoms with Crippen LogP contribution in [0, 0.1) is 0 Å². The van der Waals surface area contributed by atoms with Gasteiger partial charge in [0.25, 0.3) is 0 Å². The molecular weight excluding hydrogens is 356 g/mol. The number of carboxylic acid groups (broad SMARTS) is 1. The molecule has 2 N–H and O–H groups in total. The third-order valence-corrected chi connectivity index (χ3v) is 4.88. The fourth-order valence-electron chi connectivity index (χ4n) is 3.37. The van der Waals surface area contributed by atoms with Crippen molar-refractivity contribution in [2.45, 2.75) is 38.3 Å². The van der Waals surface area contributed by atoms with Crippen LogP contribution < -0.4 is 10.1 Å². The quantitative estimate of drug-likeness (QED) is 0.730. The molecule has 3 rings (SSSR count). The van der Waals surface area contributed by atoms with Crippen molar-refractivity contribution in [3.8, 4) is 5.75 Å². The summed E-state index contributed by atoms with van der Waals surface area (Å²) in [7, 11) is 0. The highest BCUT2D eigenvalue weighted by Gasteiger charge is 2.29. The van der Waals surface area contributed by atoms with Crippen LogP contribution in [0.15, 0.2) is 54.6 Å². The standard InChI is InChI=1S/C22H26N2O4/c25-21(15-20(22(26)27)24-13-5-2-6-14-24)23-18-9-11-19(12-10-18)28-16-17-7-3-1-4-8-17/h1,3-4,7-12,20H,2,5-6,13-16H2,(H,23,25)(H,26,27). The molecule has 0 saturated carbocycles. The van der Waals surface area contributed by atoms with E-state index in [0.29, 0.717) is 18.0 Å². The Bertz CT molecular complexity index is 771. The lowest BCUT2D eigenvalue weighted by molar-refractivity contribution is -0.145. The summed E-state index contributed by atoms with van der Waals surface area (Å²) >= 11 is 0. The Morgan fingerprint density at radius 2 is 1.68 bits per heavy atom. The molecule has 1 unspecified atom stereocenters. The molecule has 1 saturated heterocycles. The first-order valence-corrected chi connectivity index (χ1v) is 9.65. The van der Waals surface area contributed by atoms with Gasteiger partial charge >= 0.3 is 5.97 Å². The summed E-state index contributed by atoms with van der Waals surface area (Å²) < 4.78 is 5.73. The smallest absolute Gasteiger partial charge is 0.321 e. The van der Waals surface area contributed by atoms with Crippen molar-refractivity contribution in [2.75, 3.05) is 18.4 Å². The SMILES string of the molecule is O=C(CC(C(=O)O)N1CCCCC1)Nc1ccc(OCc2ccccc2)cc1. The summed E-state index contributed by atoms with van der Waals surface area (Å²) in [5.41, 5.74) is 1.71. The maximum absolute atomic E-state index is 12.3. The minimum Gasteiger partial charge on any atom is -0.489 e. The molecule has 28 heavy (non-hydrogen) atoms. The highest BCUT2D eigenvalue weighted by atomic mass is 16.5. The summed E-state index contributed by atoms with van der Waals surface area (Å²) in [5.74, 6) is -0.531. The van der Waals surface area contributed by atoms with Gasteiger partial charge in [-0.25, -0.2) is 0 Å². The third-order valence-electron chi connectivity index (χ3n) is 4.88. The molecule has 1 amide bonds. The lowest BCUT2D eigenvalue weighted by Crippen LogP contribution is -2.45. The molecule has 0 aliphatic carbocycles. The Morgan fingerprint density at radius 3 is 2.32 bits per heavy atom. The van der Waals surface area contributed by atoms with Gasteiger partial charge in [0.2, 0.25) is 5.91 Å². The van der Waals surface area contributed by atoms with Crippen LogP contribution in [-0.2, 0) is 16.2 Å². The van der Waals surface area contributed by atoms with Gasteiger partial charge in [-0.1, -0.05) is 36.8 Å². The molecule has 0 aromatic heterocycles. The van der Waals surface area contributed by atoms with E-state index < -0.39 is 12.0 Å². The van der Waals surface area contributed by atoms with E-state index in [2.05, 4.69) is 5.32 Å². The molecule has 0 spiro atoms. The average Bonchev–Trinajstić information content (AvgIpc) is 2.73. The number of carbonyl (C=O) groups excluding carboxylic acids is 1. The normalized spacial score (nSPS) is 15.6. The molecule has 1 atom stereocenters. The zero-order chi connectivity index (χ0) is 19.8. The van der Waals surface area contributed by atoms with E-state index in [1.807, 2.05) is 35.2 Å². The van der Waals surface area contributed by atoms with Crippen LogP contribution >= 0.6 is 0 Å². The van der Waals surface area contributed by atoms with Gasteiger partial charge in [-0.05, 0) is 55.8 Å². The maximum Gasteiger partial charge on any atom is 0.321 e. The molecule has 1 aliphatic rings. The number of hydrogen-bond acceptors (Lipinski definition) is 4. The van der Waals surface area contributed by atoms with Crippen LogP contribution in [0.25, 0.3) is 0 Å². The minimum atomic E-state index is -0.943. The first-order valence-electron chi connectivity index (χ1n) is 9.65. The van der Waals surface area contributed by atoms with Gasteiger partial charge in [0.1, 0.15) is 18.4 Å². The number of amides is 1. The van der Waals surface area contributed by atoms with Gasteiger partial charge in [-0.15, -0.1) is 0 Å².